The van der Waals surface area contributed by atoms with Gasteiger partial charge in [0.15, 0.2) is 5.96 Å². The van der Waals surface area contributed by atoms with E-state index in [9.17, 15) is 5.11 Å². The zero-order valence-corrected chi connectivity index (χ0v) is 16.7. The number of ether oxygens (including phenoxy) is 1. The second kappa shape index (κ2) is 11.7. The summed E-state index contributed by atoms with van der Waals surface area (Å²) in [6.07, 6.45) is 0.177. The second-order valence-electron chi connectivity index (χ2n) is 5.67. The molecule has 2 aromatic rings. The van der Waals surface area contributed by atoms with Gasteiger partial charge in [0.05, 0.1) is 6.54 Å². The van der Waals surface area contributed by atoms with Gasteiger partial charge in [-0.15, -0.1) is 24.0 Å². The first-order valence-electron chi connectivity index (χ1n) is 8.09. The molecule has 1 atom stereocenters. The third kappa shape index (κ3) is 8.74. The molecule has 0 bridgehead atoms. The summed E-state index contributed by atoms with van der Waals surface area (Å²) in [7, 11) is 0. The Kier molecular flexibility index (Phi) is 9.94. The van der Waals surface area contributed by atoms with Gasteiger partial charge in [-0.2, -0.15) is 0 Å². The highest BCUT2D eigenvalue weighted by molar-refractivity contribution is 14.0. The molecule has 0 heterocycles. The molecule has 4 N–H and O–H groups in total. The Bertz CT molecular complexity index is 650. The highest BCUT2D eigenvalue weighted by Crippen LogP contribution is 2.12. The normalized spacial score (nSPS) is 12.2. The number of nitrogens with zero attached hydrogens (tertiary/aromatic N) is 1. The first-order valence-corrected chi connectivity index (χ1v) is 8.09. The van der Waals surface area contributed by atoms with Gasteiger partial charge in [-0.3, -0.25) is 4.99 Å². The second-order valence-corrected chi connectivity index (χ2v) is 5.67. The molecule has 0 spiro atoms. The van der Waals surface area contributed by atoms with Crippen LogP contribution in [0, 0.1) is 6.92 Å². The van der Waals surface area contributed by atoms with Gasteiger partial charge in [0.25, 0.3) is 0 Å². The van der Waals surface area contributed by atoms with Crippen LogP contribution < -0.4 is 15.8 Å². The lowest BCUT2D eigenvalue weighted by atomic mass is 10.1. The van der Waals surface area contributed by atoms with Gasteiger partial charge in [-0.25, -0.2) is 0 Å². The van der Waals surface area contributed by atoms with Crippen molar-refractivity contribution < 1.29 is 9.84 Å². The van der Waals surface area contributed by atoms with Crippen LogP contribution in [0.1, 0.15) is 11.1 Å². The van der Waals surface area contributed by atoms with Crippen LogP contribution in [-0.2, 0) is 6.42 Å². The summed E-state index contributed by atoms with van der Waals surface area (Å²) in [5.41, 5.74) is 8.16. The van der Waals surface area contributed by atoms with Gasteiger partial charge < -0.3 is 20.9 Å². The molecule has 0 aliphatic heterocycles. The highest BCUT2D eigenvalue weighted by atomic mass is 127. The Labute approximate surface area is 166 Å². The van der Waals surface area contributed by atoms with Crippen molar-refractivity contribution in [2.75, 3.05) is 19.7 Å². The van der Waals surface area contributed by atoms with E-state index in [1.165, 1.54) is 5.56 Å². The number of nitrogens with two attached hydrogens (primary N) is 1. The van der Waals surface area contributed by atoms with Crippen LogP contribution in [0.25, 0.3) is 0 Å². The predicted molar refractivity (Wildman–Crippen MR) is 113 cm³/mol. The molecule has 25 heavy (non-hydrogen) atoms. The fraction of sp³-hybridized carbons (Fsp3) is 0.316. The first-order chi connectivity index (χ1) is 11.6. The number of hydrogen-bond acceptors (Lipinski definition) is 3. The van der Waals surface area contributed by atoms with Crippen molar-refractivity contribution in [2.45, 2.75) is 19.4 Å². The summed E-state index contributed by atoms with van der Waals surface area (Å²) in [6.45, 7) is 3.09. The van der Waals surface area contributed by atoms with Crippen molar-refractivity contribution >= 4 is 29.9 Å². The smallest absolute Gasteiger partial charge is 0.188 e. The summed E-state index contributed by atoms with van der Waals surface area (Å²) in [5.74, 6) is 1.08. The van der Waals surface area contributed by atoms with Crippen LogP contribution in [0.15, 0.2) is 59.6 Å². The van der Waals surface area contributed by atoms with Gasteiger partial charge in [0, 0.05) is 6.54 Å². The average Bonchev–Trinajstić information content (AvgIpc) is 2.59. The Balaban J connectivity index is 0.00000312. The minimum Gasteiger partial charge on any atom is -0.491 e. The molecule has 0 fully saturated rings. The molecule has 2 aromatic carbocycles. The monoisotopic (exact) mass is 455 g/mol. The van der Waals surface area contributed by atoms with E-state index >= 15 is 0 Å². The minimum absolute atomic E-state index is 0. The van der Waals surface area contributed by atoms with Crippen molar-refractivity contribution in [2.24, 2.45) is 10.7 Å². The topological polar surface area (TPSA) is 79.9 Å². The van der Waals surface area contributed by atoms with Gasteiger partial charge in [-0.1, -0.05) is 42.5 Å². The molecule has 0 radical (unpaired) electrons. The van der Waals surface area contributed by atoms with Crippen LogP contribution in [0.5, 0.6) is 5.75 Å². The van der Waals surface area contributed by atoms with Crippen LogP contribution in [0.2, 0.25) is 0 Å². The quantitative estimate of drug-likeness (QED) is 0.325. The van der Waals surface area contributed by atoms with E-state index in [0.717, 1.165) is 17.7 Å². The van der Waals surface area contributed by atoms with Crippen molar-refractivity contribution in [1.82, 2.24) is 5.32 Å². The summed E-state index contributed by atoms with van der Waals surface area (Å²) in [4.78, 5) is 4.14. The third-order valence-electron chi connectivity index (χ3n) is 3.47. The summed E-state index contributed by atoms with van der Waals surface area (Å²) >= 11 is 0. The fourth-order valence-corrected chi connectivity index (χ4v) is 2.19. The molecule has 136 valence electrons. The Morgan fingerprint density at radius 3 is 2.68 bits per heavy atom. The number of rotatable bonds is 8. The van der Waals surface area contributed by atoms with Crippen molar-refractivity contribution in [3.8, 4) is 5.75 Å². The molecule has 0 saturated carbocycles. The number of aliphatic imine (C=N–C) groups is 1. The molecule has 6 heteroatoms. The zero-order chi connectivity index (χ0) is 17.2. The van der Waals surface area contributed by atoms with Gasteiger partial charge in [0.1, 0.15) is 18.5 Å². The average molecular weight is 455 g/mol. The number of nitrogens with one attached hydrogen (secondary N) is 1. The molecule has 0 aromatic heterocycles. The molecular weight excluding hydrogens is 429 g/mol. The Hall–Kier alpha value is -1.80. The molecule has 2 rings (SSSR count). The van der Waals surface area contributed by atoms with Crippen molar-refractivity contribution in [3.63, 3.8) is 0 Å². The van der Waals surface area contributed by atoms with Gasteiger partial charge >= 0.3 is 0 Å². The molecule has 0 amide bonds. The summed E-state index contributed by atoms with van der Waals surface area (Å²) in [6, 6.07) is 17.9. The number of guanidine groups is 1. The van der Waals surface area contributed by atoms with E-state index in [0.29, 0.717) is 12.5 Å². The predicted octanol–water partition coefficient (Wildman–Crippen LogP) is 2.50. The first kappa shape index (κ1) is 21.2. The molecule has 0 aliphatic carbocycles. The number of aliphatic hydroxyl groups excluding tert-OH is 1. The van der Waals surface area contributed by atoms with Gasteiger partial charge in [-0.05, 0) is 36.6 Å². The van der Waals surface area contributed by atoms with E-state index in [2.05, 4.69) is 22.4 Å². The highest BCUT2D eigenvalue weighted by Gasteiger charge is 2.05. The van der Waals surface area contributed by atoms with E-state index in [1.54, 1.807) is 0 Å². The Morgan fingerprint density at radius 2 is 1.96 bits per heavy atom. The van der Waals surface area contributed by atoms with Crippen LogP contribution >= 0.6 is 24.0 Å². The van der Waals surface area contributed by atoms with E-state index in [4.69, 9.17) is 10.5 Å². The number of aryl methyl sites for hydroxylation is 1. The molecular formula is C19H26IN3O2. The Morgan fingerprint density at radius 1 is 1.20 bits per heavy atom. The van der Waals surface area contributed by atoms with Crippen LogP contribution in [0.3, 0.4) is 0 Å². The number of aliphatic hydroxyl groups is 1. The number of benzene rings is 2. The number of halogens is 1. The van der Waals surface area contributed by atoms with E-state index in [-0.39, 0.29) is 37.1 Å². The van der Waals surface area contributed by atoms with Crippen LogP contribution in [0.4, 0.5) is 0 Å². The lowest BCUT2D eigenvalue weighted by Gasteiger charge is -2.11. The summed E-state index contributed by atoms with van der Waals surface area (Å²) in [5, 5.41) is 13.0. The molecule has 0 aliphatic rings. The maximum atomic E-state index is 9.92. The molecule has 1 unspecified atom stereocenters. The SMILES string of the molecule is Cc1cccc(OCC(O)CN=C(N)NCCc2ccccc2)c1.I. The zero-order valence-electron chi connectivity index (χ0n) is 14.4. The van der Waals surface area contributed by atoms with Crippen molar-refractivity contribution in [1.29, 1.82) is 0 Å². The van der Waals surface area contributed by atoms with Crippen molar-refractivity contribution in [3.05, 3.63) is 65.7 Å². The minimum atomic E-state index is -0.694. The third-order valence-corrected chi connectivity index (χ3v) is 3.47. The maximum Gasteiger partial charge on any atom is 0.188 e. The lowest BCUT2D eigenvalue weighted by molar-refractivity contribution is 0.114. The maximum absolute atomic E-state index is 9.92. The molecule has 5 nitrogen and oxygen atoms in total. The molecule has 0 saturated heterocycles. The number of hydrogen-bond donors (Lipinski definition) is 3. The van der Waals surface area contributed by atoms with Gasteiger partial charge in [0.2, 0.25) is 0 Å². The van der Waals surface area contributed by atoms with E-state index < -0.39 is 6.10 Å². The van der Waals surface area contributed by atoms with E-state index in [1.807, 2.05) is 49.4 Å². The largest absolute Gasteiger partial charge is 0.491 e. The standard InChI is InChI=1S/C19H25N3O2.HI/c1-15-6-5-9-18(12-15)24-14-17(23)13-22-19(20)21-11-10-16-7-3-2-4-8-16;/h2-9,12,17,23H,10-11,13-14H2,1H3,(H3,20,21,22);1H. The fourth-order valence-electron chi connectivity index (χ4n) is 2.19. The summed E-state index contributed by atoms with van der Waals surface area (Å²) < 4.78 is 5.54. The van der Waals surface area contributed by atoms with Crippen LogP contribution in [-0.4, -0.2) is 36.9 Å². The lowest BCUT2D eigenvalue weighted by Crippen LogP contribution is -2.34.